The van der Waals surface area contributed by atoms with Crippen LogP contribution in [0.4, 0.5) is 0 Å². The van der Waals surface area contributed by atoms with Crippen LogP contribution in [-0.2, 0) is 34.1 Å². The van der Waals surface area contributed by atoms with Crippen molar-refractivity contribution in [1.82, 2.24) is 9.71 Å². The van der Waals surface area contributed by atoms with E-state index in [4.69, 9.17) is 5.11 Å². The summed E-state index contributed by atoms with van der Waals surface area (Å²) in [5, 5.41) is 9.06. The van der Waals surface area contributed by atoms with Gasteiger partial charge in [0.05, 0.1) is 11.3 Å². The van der Waals surface area contributed by atoms with Gasteiger partial charge in [-0.15, -0.1) is 11.3 Å². The number of unbranched alkanes of at least 4 members (excludes halogenated alkanes) is 1. The lowest BCUT2D eigenvalue weighted by Crippen LogP contribution is -2.24. The van der Waals surface area contributed by atoms with Crippen LogP contribution < -0.4 is 4.72 Å². The van der Waals surface area contributed by atoms with Crippen LogP contribution in [0.25, 0.3) is 0 Å². The Balaban J connectivity index is 1.56. The van der Waals surface area contributed by atoms with Crippen molar-refractivity contribution in [2.75, 3.05) is 6.54 Å². The standard InChI is InChI=1S/C23H26N2O4S2/c26-23(27)12-11-22-19(16-20(30-22)15-18-7-6-13-24-17-18)8-4-5-14-25-31(28,29)21-9-2-1-3-10-21/h1-3,6-7,9-10,13,16-17,25H,4-5,8,11-12,14-15H2,(H,26,27). The first-order chi connectivity index (χ1) is 14.9. The molecule has 2 heterocycles. The molecule has 0 saturated heterocycles. The Hall–Kier alpha value is -2.55. The first kappa shape index (κ1) is 23.1. The van der Waals surface area contributed by atoms with E-state index in [9.17, 15) is 13.2 Å². The number of benzene rings is 1. The van der Waals surface area contributed by atoms with Crippen LogP contribution in [-0.4, -0.2) is 31.0 Å². The molecule has 0 aliphatic rings. The van der Waals surface area contributed by atoms with Crippen LogP contribution in [0.1, 0.15) is 40.1 Å². The minimum Gasteiger partial charge on any atom is -0.481 e. The number of nitrogens with one attached hydrogen (secondary N) is 1. The van der Waals surface area contributed by atoms with E-state index < -0.39 is 16.0 Å². The zero-order chi connectivity index (χ0) is 22.1. The molecule has 31 heavy (non-hydrogen) atoms. The second-order valence-corrected chi connectivity index (χ2v) is 10.2. The van der Waals surface area contributed by atoms with Gasteiger partial charge < -0.3 is 5.11 Å². The van der Waals surface area contributed by atoms with Crippen molar-refractivity contribution in [2.24, 2.45) is 0 Å². The van der Waals surface area contributed by atoms with E-state index >= 15 is 0 Å². The minimum absolute atomic E-state index is 0.108. The van der Waals surface area contributed by atoms with Crippen LogP contribution in [0.5, 0.6) is 0 Å². The highest BCUT2D eigenvalue weighted by Gasteiger charge is 2.14. The highest BCUT2D eigenvalue weighted by molar-refractivity contribution is 7.89. The first-order valence-corrected chi connectivity index (χ1v) is 12.5. The fourth-order valence-corrected chi connectivity index (χ4v) is 5.64. The number of aryl methyl sites for hydroxylation is 2. The zero-order valence-corrected chi connectivity index (χ0v) is 18.8. The molecule has 0 unspecified atom stereocenters. The van der Waals surface area contributed by atoms with Crippen molar-refractivity contribution in [3.63, 3.8) is 0 Å². The Morgan fingerprint density at radius 3 is 2.58 bits per heavy atom. The predicted molar refractivity (Wildman–Crippen MR) is 122 cm³/mol. The molecule has 8 heteroatoms. The number of rotatable bonds is 12. The van der Waals surface area contributed by atoms with Crippen LogP contribution in [0.2, 0.25) is 0 Å². The van der Waals surface area contributed by atoms with E-state index in [1.807, 2.05) is 18.3 Å². The molecule has 0 atom stereocenters. The fraction of sp³-hybridized carbons (Fsp3) is 0.304. The maximum absolute atomic E-state index is 12.3. The van der Waals surface area contributed by atoms with E-state index in [2.05, 4.69) is 15.8 Å². The van der Waals surface area contributed by atoms with Gasteiger partial charge in [-0.05, 0) is 61.1 Å². The molecule has 1 aromatic carbocycles. The van der Waals surface area contributed by atoms with E-state index in [-0.39, 0.29) is 11.3 Å². The summed E-state index contributed by atoms with van der Waals surface area (Å²) in [4.78, 5) is 17.7. The van der Waals surface area contributed by atoms with Gasteiger partial charge in [0, 0.05) is 35.1 Å². The number of hydrogen-bond donors (Lipinski definition) is 2. The number of carbonyl (C=O) groups is 1. The molecule has 0 aliphatic carbocycles. The molecule has 0 radical (unpaired) electrons. The molecule has 0 amide bonds. The zero-order valence-electron chi connectivity index (χ0n) is 17.2. The highest BCUT2D eigenvalue weighted by atomic mass is 32.2. The Labute approximate surface area is 187 Å². The van der Waals surface area contributed by atoms with Crippen molar-refractivity contribution < 1.29 is 18.3 Å². The fourth-order valence-electron chi connectivity index (χ4n) is 3.29. The number of carboxylic acid groups (broad SMARTS) is 1. The third-order valence-corrected chi connectivity index (χ3v) is 7.55. The van der Waals surface area contributed by atoms with Gasteiger partial charge in [-0.3, -0.25) is 9.78 Å². The van der Waals surface area contributed by atoms with Crippen molar-refractivity contribution in [3.05, 3.63) is 81.8 Å². The number of carboxylic acids is 1. The summed E-state index contributed by atoms with van der Waals surface area (Å²) in [6, 6.07) is 14.4. The number of pyridine rings is 1. The number of aliphatic carboxylic acids is 1. The summed E-state index contributed by atoms with van der Waals surface area (Å²) >= 11 is 1.66. The third kappa shape index (κ3) is 7.27. The highest BCUT2D eigenvalue weighted by Crippen LogP contribution is 2.27. The van der Waals surface area contributed by atoms with Gasteiger partial charge in [-0.1, -0.05) is 24.3 Å². The molecule has 3 rings (SSSR count). The van der Waals surface area contributed by atoms with Gasteiger partial charge in [0.15, 0.2) is 0 Å². The van der Waals surface area contributed by atoms with Crippen LogP contribution >= 0.6 is 11.3 Å². The van der Waals surface area contributed by atoms with Crippen molar-refractivity contribution >= 4 is 27.3 Å². The molecule has 2 N–H and O–H groups in total. The molecule has 0 bridgehead atoms. The first-order valence-electron chi connectivity index (χ1n) is 10.2. The van der Waals surface area contributed by atoms with Crippen molar-refractivity contribution in [1.29, 1.82) is 0 Å². The van der Waals surface area contributed by atoms with Crippen LogP contribution in [0.3, 0.4) is 0 Å². The van der Waals surface area contributed by atoms with Gasteiger partial charge >= 0.3 is 5.97 Å². The molecule has 164 valence electrons. The molecular weight excluding hydrogens is 432 g/mol. The molecule has 0 spiro atoms. The summed E-state index contributed by atoms with van der Waals surface area (Å²) in [6.07, 6.45) is 7.31. The molecule has 0 saturated carbocycles. The summed E-state index contributed by atoms with van der Waals surface area (Å²) in [6.45, 7) is 0.369. The third-order valence-electron chi connectivity index (χ3n) is 4.83. The van der Waals surface area contributed by atoms with Gasteiger partial charge in [0.1, 0.15) is 0 Å². The Kier molecular flexibility index (Phi) is 8.34. The second-order valence-electron chi connectivity index (χ2n) is 7.26. The minimum atomic E-state index is -3.48. The van der Waals surface area contributed by atoms with Crippen LogP contribution in [0.15, 0.2) is 65.8 Å². The lowest BCUT2D eigenvalue weighted by molar-refractivity contribution is -0.136. The molecule has 0 aliphatic heterocycles. The van der Waals surface area contributed by atoms with E-state index in [1.165, 1.54) is 4.88 Å². The Bertz CT molecular complexity index is 1080. The lowest BCUT2D eigenvalue weighted by Gasteiger charge is -2.07. The summed E-state index contributed by atoms with van der Waals surface area (Å²) < 4.78 is 27.2. The molecule has 0 fully saturated rings. The number of thiophene rings is 1. The van der Waals surface area contributed by atoms with Gasteiger partial charge in [0.25, 0.3) is 0 Å². The Morgan fingerprint density at radius 1 is 1.06 bits per heavy atom. The molecule has 6 nitrogen and oxygen atoms in total. The topological polar surface area (TPSA) is 96.4 Å². The summed E-state index contributed by atoms with van der Waals surface area (Å²) in [5.41, 5.74) is 2.28. The second kappa shape index (κ2) is 11.2. The predicted octanol–water partition coefficient (Wildman–Crippen LogP) is 4.05. The number of nitrogens with zero attached hydrogens (tertiary/aromatic N) is 1. The molecular formula is C23H26N2O4S2. The summed E-state index contributed by atoms with van der Waals surface area (Å²) in [7, 11) is -3.48. The van der Waals surface area contributed by atoms with Crippen molar-refractivity contribution in [3.8, 4) is 0 Å². The average Bonchev–Trinajstić information content (AvgIpc) is 3.14. The molecule has 2 aromatic heterocycles. The SMILES string of the molecule is O=C(O)CCc1sc(Cc2cccnc2)cc1CCCCNS(=O)(=O)c1ccccc1. The normalized spacial score (nSPS) is 11.5. The Morgan fingerprint density at radius 2 is 1.87 bits per heavy atom. The smallest absolute Gasteiger partial charge is 0.303 e. The summed E-state index contributed by atoms with van der Waals surface area (Å²) in [5.74, 6) is -0.802. The van der Waals surface area contributed by atoms with E-state index in [0.717, 1.165) is 35.3 Å². The average molecular weight is 459 g/mol. The van der Waals surface area contributed by atoms with Gasteiger partial charge in [-0.25, -0.2) is 13.1 Å². The maximum atomic E-state index is 12.3. The van der Waals surface area contributed by atoms with E-state index in [1.54, 1.807) is 47.9 Å². The van der Waals surface area contributed by atoms with Gasteiger partial charge in [0.2, 0.25) is 10.0 Å². The molecule has 3 aromatic rings. The van der Waals surface area contributed by atoms with Crippen LogP contribution in [0, 0.1) is 0 Å². The number of hydrogen-bond acceptors (Lipinski definition) is 5. The van der Waals surface area contributed by atoms with Crippen molar-refractivity contribution in [2.45, 2.75) is 43.4 Å². The van der Waals surface area contributed by atoms with Gasteiger partial charge in [-0.2, -0.15) is 0 Å². The quantitative estimate of drug-likeness (QED) is 0.399. The largest absolute Gasteiger partial charge is 0.481 e. The maximum Gasteiger partial charge on any atom is 0.303 e. The number of aromatic nitrogens is 1. The van der Waals surface area contributed by atoms with E-state index in [0.29, 0.717) is 19.4 Å². The monoisotopic (exact) mass is 458 g/mol. The number of sulfonamides is 1. The lowest BCUT2D eigenvalue weighted by atomic mass is 10.1.